The highest BCUT2D eigenvalue weighted by molar-refractivity contribution is 5.48. The SMILES string of the molecule is Oc1ccc(CN2CCN(c3ccccc3F)CC2)nc1. The van der Waals surface area contributed by atoms with E-state index in [-0.39, 0.29) is 11.6 Å². The van der Waals surface area contributed by atoms with Crippen molar-refractivity contribution in [3.8, 4) is 5.75 Å². The van der Waals surface area contributed by atoms with Crippen molar-refractivity contribution < 1.29 is 9.50 Å². The summed E-state index contributed by atoms with van der Waals surface area (Å²) in [6.45, 7) is 4.11. The first-order valence-electron chi connectivity index (χ1n) is 7.08. The number of nitrogens with zero attached hydrogens (tertiary/aromatic N) is 3. The lowest BCUT2D eigenvalue weighted by molar-refractivity contribution is 0.246. The average molecular weight is 287 g/mol. The first kappa shape index (κ1) is 13.8. The van der Waals surface area contributed by atoms with Crippen molar-refractivity contribution in [1.82, 2.24) is 9.88 Å². The van der Waals surface area contributed by atoms with Gasteiger partial charge in [0, 0.05) is 32.7 Å². The largest absolute Gasteiger partial charge is 0.506 e. The predicted molar refractivity (Wildman–Crippen MR) is 79.8 cm³/mol. The molecule has 5 heteroatoms. The van der Waals surface area contributed by atoms with Crippen LogP contribution in [-0.4, -0.2) is 41.2 Å². The Morgan fingerprint density at radius 3 is 2.48 bits per heavy atom. The maximum Gasteiger partial charge on any atom is 0.146 e. The Morgan fingerprint density at radius 1 is 1.05 bits per heavy atom. The van der Waals surface area contributed by atoms with Gasteiger partial charge in [-0.25, -0.2) is 4.39 Å². The lowest BCUT2D eigenvalue weighted by Crippen LogP contribution is -2.46. The van der Waals surface area contributed by atoms with Crippen LogP contribution in [0.25, 0.3) is 0 Å². The quantitative estimate of drug-likeness (QED) is 0.940. The Kier molecular flexibility index (Phi) is 4.01. The van der Waals surface area contributed by atoms with Crippen LogP contribution < -0.4 is 4.90 Å². The van der Waals surface area contributed by atoms with E-state index in [1.54, 1.807) is 12.1 Å². The summed E-state index contributed by atoms with van der Waals surface area (Å²) < 4.78 is 13.8. The molecule has 0 amide bonds. The van der Waals surface area contributed by atoms with Crippen LogP contribution in [0.15, 0.2) is 42.6 Å². The number of hydrogen-bond donors (Lipinski definition) is 1. The maximum absolute atomic E-state index is 13.8. The van der Waals surface area contributed by atoms with Crippen LogP contribution in [0.2, 0.25) is 0 Å². The van der Waals surface area contributed by atoms with Crippen LogP contribution in [0.4, 0.5) is 10.1 Å². The van der Waals surface area contributed by atoms with Gasteiger partial charge in [0.1, 0.15) is 11.6 Å². The summed E-state index contributed by atoms with van der Waals surface area (Å²) in [4.78, 5) is 8.57. The molecular formula is C16H18FN3O. The van der Waals surface area contributed by atoms with E-state index in [0.29, 0.717) is 5.69 Å². The summed E-state index contributed by atoms with van der Waals surface area (Å²) in [5, 5.41) is 9.23. The third-order valence-corrected chi connectivity index (χ3v) is 3.76. The number of halogens is 1. The fraction of sp³-hybridized carbons (Fsp3) is 0.312. The van der Waals surface area contributed by atoms with Crippen molar-refractivity contribution in [2.45, 2.75) is 6.54 Å². The number of aromatic hydroxyl groups is 1. The van der Waals surface area contributed by atoms with E-state index in [0.717, 1.165) is 38.4 Å². The van der Waals surface area contributed by atoms with E-state index in [2.05, 4.69) is 14.8 Å². The highest BCUT2D eigenvalue weighted by atomic mass is 19.1. The summed E-state index contributed by atoms with van der Waals surface area (Å²) >= 11 is 0. The molecule has 1 aliphatic rings. The van der Waals surface area contributed by atoms with Crippen LogP contribution in [0.5, 0.6) is 5.75 Å². The smallest absolute Gasteiger partial charge is 0.146 e. The van der Waals surface area contributed by atoms with E-state index < -0.39 is 0 Å². The molecular weight excluding hydrogens is 269 g/mol. The average Bonchev–Trinajstić information content (AvgIpc) is 2.51. The second-order valence-corrected chi connectivity index (χ2v) is 5.22. The lowest BCUT2D eigenvalue weighted by Gasteiger charge is -2.36. The Hall–Kier alpha value is -2.14. The monoisotopic (exact) mass is 287 g/mol. The lowest BCUT2D eigenvalue weighted by atomic mass is 10.2. The van der Waals surface area contributed by atoms with Gasteiger partial charge in [-0.1, -0.05) is 12.1 Å². The maximum atomic E-state index is 13.8. The molecule has 110 valence electrons. The fourth-order valence-electron chi connectivity index (χ4n) is 2.59. The Bertz CT molecular complexity index is 595. The van der Waals surface area contributed by atoms with Crippen molar-refractivity contribution >= 4 is 5.69 Å². The molecule has 1 aliphatic heterocycles. The van der Waals surface area contributed by atoms with Crippen molar-refractivity contribution in [3.63, 3.8) is 0 Å². The van der Waals surface area contributed by atoms with Gasteiger partial charge in [-0.05, 0) is 24.3 Å². The molecule has 0 spiro atoms. The summed E-state index contributed by atoms with van der Waals surface area (Å²) in [6, 6.07) is 10.4. The number of aromatic nitrogens is 1. The number of pyridine rings is 1. The molecule has 1 N–H and O–H groups in total. The van der Waals surface area contributed by atoms with E-state index in [9.17, 15) is 9.50 Å². The van der Waals surface area contributed by atoms with Gasteiger partial charge in [0.15, 0.2) is 0 Å². The molecule has 0 aliphatic carbocycles. The predicted octanol–water partition coefficient (Wildman–Crippen LogP) is 2.25. The van der Waals surface area contributed by atoms with Gasteiger partial charge in [0.05, 0.1) is 17.6 Å². The van der Waals surface area contributed by atoms with Gasteiger partial charge in [-0.15, -0.1) is 0 Å². The minimum atomic E-state index is -0.161. The number of rotatable bonds is 3. The molecule has 1 saturated heterocycles. The van der Waals surface area contributed by atoms with Crippen LogP contribution in [0.3, 0.4) is 0 Å². The summed E-state index contributed by atoms with van der Waals surface area (Å²) in [5.41, 5.74) is 1.62. The molecule has 0 radical (unpaired) electrons. The van der Waals surface area contributed by atoms with Crippen molar-refractivity contribution in [3.05, 3.63) is 54.1 Å². The van der Waals surface area contributed by atoms with Crippen LogP contribution in [0.1, 0.15) is 5.69 Å². The molecule has 2 aromatic rings. The number of benzene rings is 1. The van der Waals surface area contributed by atoms with Crippen molar-refractivity contribution in [2.24, 2.45) is 0 Å². The van der Waals surface area contributed by atoms with Crippen LogP contribution in [0, 0.1) is 5.82 Å². The second kappa shape index (κ2) is 6.10. The minimum absolute atomic E-state index is 0.161. The number of anilines is 1. The van der Waals surface area contributed by atoms with E-state index >= 15 is 0 Å². The van der Waals surface area contributed by atoms with Crippen molar-refractivity contribution in [2.75, 3.05) is 31.1 Å². The van der Waals surface area contributed by atoms with Gasteiger partial charge in [-0.3, -0.25) is 9.88 Å². The highest BCUT2D eigenvalue weighted by Gasteiger charge is 2.19. The first-order chi connectivity index (χ1) is 10.2. The molecule has 1 aromatic carbocycles. The molecule has 0 atom stereocenters. The Balaban J connectivity index is 1.58. The molecule has 1 aromatic heterocycles. The van der Waals surface area contributed by atoms with E-state index in [1.165, 1.54) is 12.3 Å². The summed E-state index contributed by atoms with van der Waals surface area (Å²) in [6.07, 6.45) is 1.46. The van der Waals surface area contributed by atoms with Gasteiger partial charge in [0.25, 0.3) is 0 Å². The zero-order valence-electron chi connectivity index (χ0n) is 11.7. The number of hydrogen-bond acceptors (Lipinski definition) is 4. The molecule has 4 nitrogen and oxygen atoms in total. The number of piperazine rings is 1. The molecule has 0 saturated carbocycles. The standard InChI is InChI=1S/C16H18FN3O/c17-15-3-1-2-4-16(15)20-9-7-19(8-10-20)12-13-5-6-14(21)11-18-13/h1-6,11,21H,7-10,12H2. The first-order valence-corrected chi connectivity index (χ1v) is 7.08. The zero-order chi connectivity index (χ0) is 14.7. The highest BCUT2D eigenvalue weighted by Crippen LogP contribution is 2.20. The molecule has 0 bridgehead atoms. The molecule has 0 unspecified atom stereocenters. The minimum Gasteiger partial charge on any atom is -0.506 e. The molecule has 2 heterocycles. The van der Waals surface area contributed by atoms with Gasteiger partial charge >= 0.3 is 0 Å². The third-order valence-electron chi connectivity index (χ3n) is 3.76. The zero-order valence-corrected chi connectivity index (χ0v) is 11.7. The topological polar surface area (TPSA) is 39.6 Å². The molecule has 21 heavy (non-hydrogen) atoms. The van der Waals surface area contributed by atoms with Gasteiger partial charge in [-0.2, -0.15) is 0 Å². The number of para-hydroxylation sites is 1. The fourth-order valence-corrected chi connectivity index (χ4v) is 2.59. The summed E-state index contributed by atoms with van der Waals surface area (Å²) in [5.74, 6) is 0.0225. The van der Waals surface area contributed by atoms with Crippen molar-refractivity contribution in [1.29, 1.82) is 0 Å². The Morgan fingerprint density at radius 2 is 1.81 bits per heavy atom. The van der Waals surface area contributed by atoms with E-state index in [4.69, 9.17) is 0 Å². The van der Waals surface area contributed by atoms with Gasteiger partial charge < -0.3 is 10.0 Å². The van der Waals surface area contributed by atoms with E-state index in [1.807, 2.05) is 18.2 Å². The molecule has 3 rings (SSSR count). The van der Waals surface area contributed by atoms with Gasteiger partial charge in [0.2, 0.25) is 0 Å². The van der Waals surface area contributed by atoms with Crippen LogP contribution >= 0.6 is 0 Å². The summed E-state index contributed by atoms with van der Waals surface area (Å²) in [7, 11) is 0. The third kappa shape index (κ3) is 3.31. The van der Waals surface area contributed by atoms with Crippen LogP contribution in [-0.2, 0) is 6.54 Å². The second-order valence-electron chi connectivity index (χ2n) is 5.22. The molecule has 1 fully saturated rings. The normalized spacial score (nSPS) is 16.1. The Labute approximate surface area is 123 Å².